The highest BCUT2D eigenvalue weighted by Crippen LogP contribution is 2.44. The van der Waals surface area contributed by atoms with Gasteiger partial charge in [-0.1, -0.05) is 0 Å². The molecule has 1 aromatic carbocycles. The minimum atomic E-state index is -1.41. The normalized spacial score (nSPS) is 16.4. The number of piperidine rings is 1. The number of carboxylic acids is 1. The Morgan fingerprint density at radius 3 is 2.28 bits per heavy atom. The van der Waals surface area contributed by atoms with Gasteiger partial charge in [-0.25, -0.2) is 23.2 Å². The number of carbonyl (C=O) groups is 4. The van der Waals surface area contributed by atoms with Crippen LogP contribution in [-0.2, 0) is 14.3 Å². The van der Waals surface area contributed by atoms with Gasteiger partial charge in [0.05, 0.1) is 24.6 Å². The van der Waals surface area contributed by atoms with Gasteiger partial charge in [0, 0.05) is 31.9 Å². The van der Waals surface area contributed by atoms with E-state index < -0.39 is 70.5 Å². The van der Waals surface area contributed by atoms with Crippen LogP contribution < -0.4 is 31.0 Å². The van der Waals surface area contributed by atoms with E-state index in [2.05, 4.69) is 16.0 Å². The topological polar surface area (TPSA) is 178 Å². The summed E-state index contributed by atoms with van der Waals surface area (Å²) in [7, 11) is 1.33. The highest BCUT2D eigenvalue weighted by molar-refractivity contribution is 5.97. The fraction of sp³-hybridized carbons (Fsp3) is 0.595. The van der Waals surface area contributed by atoms with Gasteiger partial charge in [0.15, 0.2) is 11.6 Å². The summed E-state index contributed by atoms with van der Waals surface area (Å²) in [5.41, 5.74) is -2.15. The maximum Gasteiger partial charge on any atom is 0.408 e. The summed E-state index contributed by atoms with van der Waals surface area (Å²) in [4.78, 5) is 64.3. The molecule has 0 radical (unpaired) electrons. The number of nitrogens with one attached hydrogen (secondary N) is 3. The van der Waals surface area contributed by atoms with Crippen LogP contribution in [0.15, 0.2) is 28.5 Å². The Morgan fingerprint density at radius 2 is 1.68 bits per heavy atom. The molecule has 1 saturated heterocycles. The zero-order valence-corrected chi connectivity index (χ0v) is 31.5. The first-order valence-electron chi connectivity index (χ1n) is 17.8. The molecule has 3 amide bonds. The van der Waals surface area contributed by atoms with Gasteiger partial charge in [0.2, 0.25) is 11.3 Å². The molecule has 1 saturated carbocycles. The molecule has 4 N–H and O–H groups in total. The van der Waals surface area contributed by atoms with E-state index in [0.717, 1.165) is 18.9 Å². The van der Waals surface area contributed by atoms with E-state index in [-0.39, 0.29) is 47.9 Å². The van der Waals surface area contributed by atoms with Gasteiger partial charge >= 0.3 is 18.2 Å². The summed E-state index contributed by atoms with van der Waals surface area (Å²) in [6, 6.07) is -0.126. The van der Waals surface area contributed by atoms with Crippen molar-refractivity contribution in [2.45, 2.75) is 110 Å². The number of nitrogens with zero attached hydrogens (tertiary/aromatic N) is 2. The molecule has 53 heavy (non-hydrogen) atoms. The number of halogens is 2. The zero-order valence-electron chi connectivity index (χ0n) is 31.5. The van der Waals surface area contributed by atoms with E-state index in [4.69, 9.17) is 14.2 Å². The van der Waals surface area contributed by atoms with Crippen molar-refractivity contribution in [3.8, 4) is 5.75 Å². The van der Waals surface area contributed by atoms with E-state index in [1.165, 1.54) is 13.3 Å². The number of rotatable bonds is 13. The lowest BCUT2D eigenvalue weighted by atomic mass is 10.0. The fourth-order valence-corrected chi connectivity index (χ4v) is 6.12. The fourth-order valence-electron chi connectivity index (χ4n) is 6.12. The Hall–Kier alpha value is -4.89. The van der Waals surface area contributed by atoms with Crippen LogP contribution in [0.3, 0.4) is 0 Å². The van der Waals surface area contributed by atoms with Crippen LogP contribution in [-0.4, -0.2) is 84.3 Å². The Morgan fingerprint density at radius 1 is 1.02 bits per heavy atom. The van der Waals surface area contributed by atoms with E-state index in [0.29, 0.717) is 37.8 Å². The molecule has 1 atom stereocenters. The molecular formula is C37H51F2N5O9. The molecular weight excluding hydrogens is 696 g/mol. The molecule has 292 valence electrons. The maximum atomic E-state index is 15.9. The van der Waals surface area contributed by atoms with Crippen molar-refractivity contribution in [1.82, 2.24) is 20.5 Å². The van der Waals surface area contributed by atoms with Gasteiger partial charge in [-0.3, -0.25) is 9.59 Å². The molecule has 0 spiro atoms. The third kappa shape index (κ3) is 11.1. The molecule has 2 heterocycles. The Kier molecular flexibility index (Phi) is 13.0. The molecule has 0 unspecified atom stereocenters. The highest BCUT2D eigenvalue weighted by Gasteiger charge is 2.33. The van der Waals surface area contributed by atoms with Crippen LogP contribution in [0.2, 0.25) is 0 Å². The first-order chi connectivity index (χ1) is 24.8. The van der Waals surface area contributed by atoms with Gasteiger partial charge < -0.3 is 44.7 Å². The number of methoxy groups -OCH3 is 1. The van der Waals surface area contributed by atoms with E-state index >= 15 is 8.78 Å². The smallest absolute Gasteiger partial charge is 0.408 e. The Balaban J connectivity index is 1.49. The second kappa shape index (κ2) is 16.8. The molecule has 1 aliphatic heterocycles. The van der Waals surface area contributed by atoms with Crippen molar-refractivity contribution < 1.29 is 47.3 Å². The van der Waals surface area contributed by atoms with E-state index in [1.807, 2.05) is 0 Å². The summed E-state index contributed by atoms with van der Waals surface area (Å²) >= 11 is 0. The second-order valence-electron chi connectivity index (χ2n) is 15.3. The van der Waals surface area contributed by atoms with Crippen molar-refractivity contribution >= 4 is 40.7 Å². The van der Waals surface area contributed by atoms with Crippen molar-refractivity contribution in [3.05, 3.63) is 45.3 Å². The summed E-state index contributed by atoms with van der Waals surface area (Å²) < 4.78 is 49.5. The third-order valence-corrected chi connectivity index (χ3v) is 8.57. The van der Waals surface area contributed by atoms with Crippen LogP contribution in [0.1, 0.15) is 103 Å². The van der Waals surface area contributed by atoms with Crippen LogP contribution in [0.4, 0.5) is 24.1 Å². The highest BCUT2D eigenvalue weighted by atomic mass is 19.1. The minimum absolute atomic E-state index is 0.0219. The average molecular weight is 748 g/mol. The van der Waals surface area contributed by atoms with Crippen LogP contribution in [0.5, 0.6) is 5.75 Å². The largest absolute Gasteiger partial charge is 0.492 e. The second-order valence-corrected chi connectivity index (χ2v) is 15.3. The molecule has 2 fully saturated rings. The standard InChI is InChI=1S/C37H51F2N5O9/c1-36(2,3)52-34(49)40-15-9-8-12-27(42-35(50)53-37(4,5)6)32(46)41-18-26(39)21-11-10-16-43(19-21)29-25(38)17-23-28(31(29)51-7)44(22-13-14-22)20-24(30(23)45)33(47)48/h17,20,22,27H,8-16,18-19H2,1-7H3,(H,40,49)(H,41,46)(H,42,50)(H,47,48)/b26-21+/t27-/m0/s1. The van der Waals surface area contributed by atoms with Crippen molar-refractivity contribution in [2.24, 2.45) is 0 Å². The van der Waals surface area contributed by atoms with Crippen molar-refractivity contribution in [3.63, 3.8) is 0 Å². The van der Waals surface area contributed by atoms with Gasteiger partial charge in [0.25, 0.3) is 0 Å². The summed E-state index contributed by atoms with van der Waals surface area (Å²) in [5.74, 6) is -3.44. The number of alkyl carbamates (subject to hydrolysis) is 2. The van der Waals surface area contributed by atoms with Gasteiger partial charge in [-0.15, -0.1) is 0 Å². The third-order valence-electron chi connectivity index (χ3n) is 8.57. The number of aromatic carboxylic acids is 1. The van der Waals surface area contributed by atoms with Crippen LogP contribution in [0, 0.1) is 5.82 Å². The lowest BCUT2D eigenvalue weighted by Gasteiger charge is -2.33. The van der Waals surface area contributed by atoms with Gasteiger partial charge in [-0.05, 0) is 98.1 Å². The van der Waals surface area contributed by atoms with E-state index in [9.17, 15) is 29.1 Å². The number of ether oxygens (including phenoxy) is 3. The Bertz CT molecular complexity index is 1810. The number of pyridine rings is 1. The molecule has 0 bridgehead atoms. The summed E-state index contributed by atoms with van der Waals surface area (Å²) in [5, 5.41) is 17.3. The first-order valence-corrected chi connectivity index (χ1v) is 17.8. The van der Waals surface area contributed by atoms with Crippen molar-refractivity contribution in [2.75, 3.05) is 38.2 Å². The molecule has 2 aromatic rings. The number of unbranched alkanes of at least 4 members (excludes halogenated alkanes) is 1. The molecule has 16 heteroatoms. The quantitative estimate of drug-likeness (QED) is 0.186. The molecule has 1 aliphatic carbocycles. The Labute approximate surface area is 307 Å². The van der Waals surface area contributed by atoms with Crippen LogP contribution >= 0.6 is 0 Å². The molecule has 4 rings (SSSR count). The zero-order chi connectivity index (χ0) is 39.2. The molecule has 1 aromatic heterocycles. The first kappa shape index (κ1) is 40.9. The van der Waals surface area contributed by atoms with Crippen molar-refractivity contribution in [1.29, 1.82) is 0 Å². The lowest BCUT2D eigenvalue weighted by molar-refractivity contribution is -0.123. The number of carbonyl (C=O) groups excluding carboxylic acids is 3. The predicted molar refractivity (Wildman–Crippen MR) is 194 cm³/mol. The number of anilines is 1. The number of fused-ring (bicyclic) bond motifs is 1. The summed E-state index contributed by atoms with van der Waals surface area (Å²) in [6.07, 6.45) is 3.24. The number of carboxylic acid groups (broad SMARTS) is 1. The maximum absolute atomic E-state index is 15.9. The SMILES string of the molecule is COc1c(N2CCC/C(=C(\F)CNC(=O)[C@H](CCCCNC(=O)OC(C)(C)C)NC(=O)OC(C)(C)C)C2)c(F)cc2c(=O)c(C(=O)O)cn(C3CC3)c12. The minimum Gasteiger partial charge on any atom is -0.492 e. The molecule has 14 nitrogen and oxygen atoms in total. The van der Waals surface area contributed by atoms with Crippen LogP contribution in [0.25, 0.3) is 10.9 Å². The summed E-state index contributed by atoms with van der Waals surface area (Å²) in [6.45, 7) is 10.4. The van der Waals surface area contributed by atoms with Gasteiger partial charge in [0.1, 0.15) is 34.3 Å². The number of hydrogen-bond acceptors (Lipinski definition) is 9. The molecule has 2 aliphatic rings. The van der Waals surface area contributed by atoms with Gasteiger partial charge in [-0.2, -0.15) is 0 Å². The van der Waals surface area contributed by atoms with E-state index in [1.54, 1.807) is 51.0 Å². The average Bonchev–Trinajstić information content (AvgIpc) is 3.90. The number of hydrogen-bond donors (Lipinski definition) is 4. The lowest BCUT2D eigenvalue weighted by Crippen LogP contribution is -2.48. The predicted octanol–water partition coefficient (Wildman–Crippen LogP) is 5.71. The monoisotopic (exact) mass is 747 g/mol. The number of aromatic nitrogens is 1. The number of amides is 3. The number of benzene rings is 1.